The molecule has 5 nitrogen and oxygen atoms in total. The molecule has 0 spiro atoms. The molecule has 0 bridgehead atoms. The Morgan fingerprint density at radius 1 is 1.58 bits per heavy atom. The predicted molar refractivity (Wildman–Crippen MR) is 70.4 cm³/mol. The summed E-state index contributed by atoms with van der Waals surface area (Å²) < 4.78 is 19.8. The number of ether oxygens (including phenoxy) is 1. The average molecular weight is 286 g/mol. The van der Waals surface area contributed by atoms with Crippen LogP contribution in [-0.4, -0.2) is 22.1 Å². The smallest absolute Gasteiger partial charge is 0.307 e. The van der Waals surface area contributed by atoms with Gasteiger partial charge in [0.2, 0.25) is 5.95 Å². The number of benzene rings is 1. The minimum absolute atomic E-state index is 0.0115. The van der Waals surface area contributed by atoms with Gasteiger partial charge in [0.25, 0.3) is 0 Å². The van der Waals surface area contributed by atoms with Crippen molar-refractivity contribution in [1.29, 1.82) is 0 Å². The second kappa shape index (κ2) is 5.44. The fraction of sp³-hybridized carbons (Fsp3) is 0.333. The highest BCUT2D eigenvalue weighted by Crippen LogP contribution is 2.24. The molecule has 2 rings (SSSR count). The summed E-state index contributed by atoms with van der Waals surface area (Å²) in [4.78, 5) is 15.4. The Hall–Kier alpha value is -1.82. The summed E-state index contributed by atoms with van der Waals surface area (Å²) in [6.07, 6.45) is 0.147. The van der Waals surface area contributed by atoms with E-state index in [9.17, 15) is 9.18 Å². The third kappa shape index (κ3) is 2.78. The van der Waals surface area contributed by atoms with E-state index in [1.54, 1.807) is 11.5 Å². The van der Waals surface area contributed by atoms with E-state index < -0.39 is 5.82 Å². The highest BCUT2D eigenvalue weighted by atomic mass is 35.5. The maximum atomic E-state index is 13.5. The van der Waals surface area contributed by atoms with Crippen LogP contribution in [0.15, 0.2) is 12.1 Å². The van der Waals surface area contributed by atoms with Crippen LogP contribution in [0.4, 0.5) is 10.3 Å². The minimum atomic E-state index is -0.550. The maximum absolute atomic E-state index is 13.5. The summed E-state index contributed by atoms with van der Waals surface area (Å²) in [5.41, 5.74) is 6.74. The van der Waals surface area contributed by atoms with Gasteiger partial charge in [-0.2, -0.15) is 0 Å². The summed E-state index contributed by atoms with van der Waals surface area (Å²) >= 11 is 5.68. The van der Waals surface area contributed by atoms with Gasteiger partial charge in [0.05, 0.1) is 29.1 Å². The van der Waals surface area contributed by atoms with Gasteiger partial charge >= 0.3 is 5.97 Å². The highest BCUT2D eigenvalue weighted by molar-refractivity contribution is 6.31. The SMILES string of the molecule is CCOC(=O)CCn1c(N)nc2cc(Cl)c(F)cc21. The van der Waals surface area contributed by atoms with Gasteiger partial charge in [-0.3, -0.25) is 4.79 Å². The first-order valence-corrected chi connectivity index (χ1v) is 6.17. The zero-order valence-corrected chi connectivity index (χ0v) is 11.1. The predicted octanol–water partition coefficient (Wildman–Crippen LogP) is 2.36. The van der Waals surface area contributed by atoms with Crippen LogP contribution >= 0.6 is 11.6 Å². The lowest BCUT2D eigenvalue weighted by molar-refractivity contribution is -0.143. The molecular formula is C12H13ClFN3O2. The lowest BCUT2D eigenvalue weighted by Gasteiger charge is -2.06. The molecule has 1 aromatic heterocycles. The zero-order valence-electron chi connectivity index (χ0n) is 10.3. The van der Waals surface area contributed by atoms with E-state index in [-0.39, 0.29) is 29.9 Å². The molecule has 0 aliphatic heterocycles. The molecule has 102 valence electrons. The molecule has 0 saturated carbocycles. The van der Waals surface area contributed by atoms with Gasteiger partial charge in [0, 0.05) is 12.6 Å². The molecule has 1 heterocycles. The largest absolute Gasteiger partial charge is 0.466 e. The number of fused-ring (bicyclic) bond motifs is 1. The monoisotopic (exact) mass is 285 g/mol. The summed E-state index contributed by atoms with van der Waals surface area (Å²) in [5, 5.41) is -0.0115. The van der Waals surface area contributed by atoms with E-state index in [1.165, 1.54) is 12.1 Å². The number of carbonyl (C=O) groups is 1. The number of imidazole rings is 1. The molecule has 2 N–H and O–H groups in total. The van der Waals surface area contributed by atoms with Crippen molar-refractivity contribution >= 4 is 34.6 Å². The fourth-order valence-electron chi connectivity index (χ4n) is 1.81. The number of aromatic nitrogens is 2. The third-order valence-electron chi connectivity index (χ3n) is 2.66. The van der Waals surface area contributed by atoms with Crippen molar-refractivity contribution in [2.75, 3.05) is 12.3 Å². The standard InChI is InChI=1S/C12H13ClFN3O2/c1-2-19-11(18)3-4-17-10-6-8(14)7(13)5-9(10)16-12(17)15/h5-6H,2-4H2,1H3,(H2,15,16). The number of nitrogens with two attached hydrogens (primary N) is 1. The summed E-state index contributed by atoms with van der Waals surface area (Å²) in [6.45, 7) is 2.34. The number of halogens is 2. The molecule has 0 aliphatic rings. The van der Waals surface area contributed by atoms with Crippen LogP contribution < -0.4 is 5.73 Å². The molecule has 0 radical (unpaired) electrons. The fourth-order valence-corrected chi connectivity index (χ4v) is 1.97. The summed E-state index contributed by atoms with van der Waals surface area (Å²) in [5.74, 6) is -0.675. The molecule has 0 unspecified atom stereocenters. The topological polar surface area (TPSA) is 70.1 Å². The van der Waals surface area contributed by atoms with Crippen molar-refractivity contribution in [1.82, 2.24) is 9.55 Å². The highest BCUT2D eigenvalue weighted by Gasteiger charge is 2.13. The zero-order chi connectivity index (χ0) is 14.0. The lowest BCUT2D eigenvalue weighted by atomic mass is 10.3. The van der Waals surface area contributed by atoms with Gasteiger partial charge < -0.3 is 15.0 Å². The summed E-state index contributed by atoms with van der Waals surface area (Å²) in [6, 6.07) is 2.66. The number of nitrogens with zero attached hydrogens (tertiary/aromatic N) is 2. The number of rotatable bonds is 4. The molecule has 19 heavy (non-hydrogen) atoms. The van der Waals surface area contributed by atoms with Crippen molar-refractivity contribution < 1.29 is 13.9 Å². The van der Waals surface area contributed by atoms with Crippen LogP contribution in [0.5, 0.6) is 0 Å². The maximum Gasteiger partial charge on any atom is 0.307 e. The first-order chi connectivity index (χ1) is 9.02. The number of esters is 1. The normalized spacial score (nSPS) is 10.9. The second-order valence-corrected chi connectivity index (χ2v) is 4.34. The van der Waals surface area contributed by atoms with Gasteiger partial charge in [0.15, 0.2) is 0 Å². The Morgan fingerprint density at radius 3 is 3.00 bits per heavy atom. The van der Waals surface area contributed by atoms with Crippen molar-refractivity contribution in [2.24, 2.45) is 0 Å². The average Bonchev–Trinajstić information content (AvgIpc) is 2.63. The van der Waals surface area contributed by atoms with E-state index in [2.05, 4.69) is 4.98 Å². The Balaban J connectivity index is 2.30. The molecule has 0 fully saturated rings. The number of aryl methyl sites for hydroxylation is 1. The third-order valence-corrected chi connectivity index (χ3v) is 2.95. The number of carbonyl (C=O) groups excluding carboxylic acids is 1. The van der Waals surface area contributed by atoms with E-state index >= 15 is 0 Å². The number of hydrogen-bond donors (Lipinski definition) is 1. The van der Waals surface area contributed by atoms with E-state index in [4.69, 9.17) is 22.1 Å². The van der Waals surface area contributed by atoms with E-state index in [0.29, 0.717) is 17.6 Å². The summed E-state index contributed by atoms with van der Waals surface area (Å²) in [7, 11) is 0. The first-order valence-electron chi connectivity index (χ1n) is 5.79. The van der Waals surface area contributed by atoms with Crippen molar-refractivity contribution in [2.45, 2.75) is 19.9 Å². The van der Waals surface area contributed by atoms with Crippen molar-refractivity contribution in [3.8, 4) is 0 Å². The molecule has 2 aromatic rings. The first kappa shape index (κ1) is 13.6. The van der Waals surface area contributed by atoms with Gasteiger partial charge in [-0.1, -0.05) is 11.6 Å². The Labute approximate surface area is 114 Å². The molecule has 0 saturated heterocycles. The Kier molecular flexibility index (Phi) is 3.90. The van der Waals surface area contributed by atoms with Crippen molar-refractivity contribution in [3.05, 3.63) is 23.0 Å². The van der Waals surface area contributed by atoms with Gasteiger partial charge in [-0.05, 0) is 13.0 Å². The van der Waals surface area contributed by atoms with Crippen LogP contribution in [0.25, 0.3) is 11.0 Å². The van der Waals surface area contributed by atoms with E-state index in [0.717, 1.165) is 0 Å². The van der Waals surface area contributed by atoms with Crippen LogP contribution in [0.3, 0.4) is 0 Å². The van der Waals surface area contributed by atoms with Crippen LogP contribution in [-0.2, 0) is 16.1 Å². The Bertz CT molecular complexity index is 627. The van der Waals surface area contributed by atoms with E-state index in [1.807, 2.05) is 0 Å². The molecule has 0 atom stereocenters. The van der Waals surface area contributed by atoms with Gasteiger partial charge in [-0.25, -0.2) is 9.37 Å². The molecule has 0 aliphatic carbocycles. The molecule has 0 amide bonds. The number of anilines is 1. The van der Waals surface area contributed by atoms with Crippen LogP contribution in [0.2, 0.25) is 5.02 Å². The quantitative estimate of drug-likeness (QED) is 0.876. The number of hydrogen-bond acceptors (Lipinski definition) is 4. The van der Waals surface area contributed by atoms with Gasteiger partial charge in [-0.15, -0.1) is 0 Å². The molecule has 1 aromatic carbocycles. The van der Waals surface area contributed by atoms with Crippen molar-refractivity contribution in [3.63, 3.8) is 0 Å². The Morgan fingerprint density at radius 2 is 2.32 bits per heavy atom. The lowest BCUT2D eigenvalue weighted by Crippen LogP contribution is -2.10. The van der Waals surface area contributed by atoms with Crippen LogP contribution in [0, 0.1) is 5.82 Å². The minimum Gasteiger partial charge on any atom is -0.466 e. The molecular weight excluding hydrogens is 273 g/mol. The number of nitrogen functional groups attached to an aromatic ring is 1. The van der Waals surface area contributed by atoms with Gasteiger partial charge in [0.1, 0.15) is 5.82 Å². The van der Waals surface area contributed by atoms with Crippen LogP contribution in [0.1, 0.15) is 13.3 Å². The second-order valence-electron chi connectivity index (χ2n) is 3.93. The molecule has 7 heteroatoms.